The van der Waals surface area contributed by atoms with Crippen molar-refractivity contribution in [2.24, 2.45) is 7.05 Å². The lowest BCUT2D eigenvalue weighted by Crippen LogP contribution is -2.37. The highest BCUT2D eigenvalue weighted by atomic mass is 32.1. The van der Waals surface area contributed by atoms with Gasteiger partial charge >= 0.3 is 0 Å². The molecule has 1 N–H and O–H groups in total. The summed E-state index contributed by atoms with van der Waals surface area (Å²) in [5, 5.41) is 3.68. The van der Waals surface area contributed by atoms with E-state index < -0.39 is 0 Å². The van der Waals surface area contributed by atoms with Crippen molar-refractivity contribution in [2.45, 2.75) is 25.8 Å². The van der Waals surface area contributed by atoms with Gasteiger partial charge in [-0.1, -0.05) is 60.7 Å². The Morgan fingerprint density at radius 3 is 2.17 bits per heavy atom. The van der Waals surface area contributed by atoms with Crippen molar-refractivity contribution in [3.63, 3.8) is 0 Å². The number of carbonyl (C=O) groups is 1. The molecule has 5 nitrogen and oxygen atoms in total. The third kappa shape index (κ3) is 3.66. The number of nitrogens with one attached hydrogen (secondary N) is 1. The number of hydrogen-bond donors (Lipinski definition) is 1. The van der Waals surface area contributed by atoms with Crippen LogP contribution in [0.4, 0.5) is 0 Å². The molecule has 1 atom stereocenters. The van der Waals surface area contributed by atoms with E-state index in [9.17, 15) is 9.59 Å². The molecule has 0 radical (unpaired) electrons. The topological polar surface area (TPSA) is 64.0 Å². The molecule has 0 saturated heterocycles. The molecule has 0 aliphatic carbocycles. The number of aromatic nitrogens is 2. The zero-order valence-corrected chi connectivity index (χ0v) is 17.9. The minimum Gasteiger partial charge on any atom is -0.348 e. The SMILES string of the molecule is Cc1c(C(=O)NC(C)C(c2ccccc2)c2ccccc2)sc2ncn(C)c(=O)c12. The van der Waals surface area contributed by atoms with Crippen LogP contribution in [-0.2, 0) is 7.05 Å². The first-order valence-corrected chi connectivity index (χ1v) is 10.6. The summed E-state index contributed by atoms with van der Waals surface area (Å²) in [6.07, 6.45) is 1.49. The van der Waals surface area contributed by atoms with Crippen LogP contribution in [0.5, 0.6) is 0 Å². The molecule has 4 rings (SSSR count). The van der Waals surface area contributed by atoms with Gasteiger partial charge in [0, 0.05) is 19.0 Å². The largest absolute Gasteiger partial charge is 0.348 e. The van der Waals surface area contributed by atoms with Gasteiger partial charge in [-0.05, 0) is 30.5 Å². The smallest absolute Gasteiger partial charge is 0.262 e. The van der Waals surface area contributed by atoms with Crippen molar-refractivity contribution < 1.29 is 4.79 Å². The van der Waals surface area contributed by atoms with E-state index in [0.717, 1.165) is 11.1 Å². The first-order valence-electron chi connectivity index (χ1n) is 9.83. The normalized spacial score (nSPS) is 12.3. The maximum Gasteiger partial charge on any atom is 0.262 e. The minimum absolute atomic E-state index is 0.0111. The van der Waals surface area contributed by atoms with Crippen LogP contribution in [0, 0.1) is 6.92 Å². The van der Waals surface area contributed by atoms with Gasteiger partial charge in [0.25, 0.3) is 11.5 Å². The Kier molecular flexibility index (Phi) is 5.50. The Morgan fingerprint density at radius 1 is 1.03 bits per heavy atom. The van der Waals surface area contributed by atoms with E-state index in [4.69, 9.17) is 0 Å². The fraction of sp³-hybridized carbons (Fsp3) is 0.208. The molecule has 0 aliphatic heterocycles. The van der Waals surface area contributed by atoms with Gasteiger partial charge in [0.05, 0.1) is 16.6 Å². The van der Waals surface area contributed by atoms with Gasteiger partial charge in [-0.3, -0.25) is 9.59 Å². The monoisotopic (exact) mass is 417 g/mol. The van der Waals surface area contributed by atoms with Crippen molar-refractivity contribution >= 4 is 27.5 Å². The molecule has 1 amide bonds. The number of nitrogens with zero attached hydrogens (tertiary/aromatic N) is 2. The van der Waals surface area contributed by atoms with E-state index in [0.29, 0.717) is 20.7 Å². The van der Waals surface area contributed by atoms with Gasteiger partial charge in [-0.2, -0.15) is 0 Å². The van der Waals surface area contributed by atoms with Crippen molar-refractivity contribution in [3.8, 4) is 0 Å². The highest BCUT2D eigenvalue weighted by molar-refractivity contribution is 7.20. The van der Waals surface area contributed by atoms with Gasteiger partial charge < -0.3 is 9.88 Å². The van der Waals surface area contributed by atoms with Crippen LogP contribution in [0.3, 0.4) is 0 Å². The summed E-state index contributed by atoms with van der Waals surface area (Å²) >= 11 is 1.26. The van der Waals surface area contributed by atoms with E-state index in [2.05, 4.69) is 34.6 Å². The zero-order valence-electron chi connectivity index (χ0n) is 17.1. The summed E-state index contributed by atoms with van der Waals surface area (Å²) in [4.78, 5) is 31.1. The van der Waals surface area contributed by atoms with Crippen LogP contribution in [0.1, 0.15) is 39.2 Å². The van der Waals surface area contributed by atoms with Gasteiger partial charge in [-0.15, -0.1) is 11.3 Å². The second-order valence-corrected chi connectivity index (χ2v) is 8.46. The number of hydrogen-bond acceptors (Lipinski definition) is 4. The predicted octanol–water partition coefficient (Wildman–Crippen LogP) is 4.25. The van der Waals surface area contributed by atoms with Gasteiger partial charge in [0.1, 0.15) is 4.83 Å². The summed E-state index contributed by atoms with van der Waals surface area (Å²) in [6.45, 7) is 3.83. The molecule has 2 heterocycles. The molecule has 0 spiro atoms. The number of thiophene rings is 1. The van der Waals surface area contributed by atoms with Gasteiger partial charge in [0.15, 0.2) is 0 Å². The maximum absolute atomic E-state index is 13.2. The molecule has 4 aromatic rings. The van der Waals surface area contributed by atoms with E-state index in [1.165, 1.54) is 22.2 Å². The standard InChI is InChI=1S/C24H23N3O2S/c1-15-19-23(25-14-27(3)24(19)29)30-21(15)22(28)26-16(2)20(17-10-6-4-7-11-17)18-12-8-5-9-13-18/h4-14,16,20H,1-3H3,(H,26,28). The van der Waals surface area contributed by atoms with E-state index in [-0.39, 0.29) is 23.4 Å². The second-order valence-electron chi connectivity index (χ2n) is 7.46. The molecule has 0 saturated carbocycles. The summed E-state index contributed by atoms with van der Waals surface area (Å²) in [5.74, 6) is -0.168. The third-order valence-electron chi connectivity index (χ3n) is 5.39. The average Bonchev–Trinajstić information content (AvgIpc) is 3.10. The molecule has 0 fully saturated rings. The zero-order chi connectivity index (χ0) is 21.3. The van der Waals surface area contributed by atoms with E-state index >= 15 is 0 Å². The number of amides is 1. The van der Waals surface area contributed by atoms with Gasteiger partial charge in [-0.25, -0.2) is 4.98 Å². The number of aryl methyl sites for hydroxylation is 2. The quantitative estimate of drug-likeness (QED) is 0.528. The Hall–Kier alpha value is -3.25. The molecule has 0 aliphatic rings. The molecule has 2 aromatic carbocycles. The number of rotatable bonds is 5. The van der Waals surface area contributed by atoms with Crippen LogP contribution < -0.4 is 10.9 Å². The first-order chi connectivity index (χ1) is 14.5. The Balaban J connectivity index is 1.68. The summed E-state index contributed by atoms with van der Waals surface area (Å²) in [6, 6.07) is 20.2. The number of fused-ring (bicyclic) bond motifs is 1. The van der Waals surface area contributed by atoms with Crippen molar-refractivity contribution in [2.75, 3.05) is 0 Å². The Bertz CT molecular complexity index is 1210. The van der Waals surface area contributed by atoms with E-state index in [1.807, 2.05) is 50.2 Å². The molecule has 1 unspecified atom stereocenters. The minimum atomic E-state index is -0.179. The van der Waals surface area contributed by atoms with Crippen molar-refractivity contribution in [3.05, 3.63) is 98.9 Å². The van der Waals surface area contributed by atoms with Crippen LogP contribution in [0.15, 0.2) is 71.8 Å². The summed E-state index contributed by atoms with van der Waals surface area (Å²) < 4.78 is 1.44. The molecule has 152 valence electrons. The lowest BCUT2D eigenvalue weighted by Gasteiger charge is -2.26. The highest BCUT2D eigenvalue weighted by Crippen LogP contribution is 2.30. The summed E-state index contributed by atoms with van der Waals surface area (Å²) in [7, 11) is 1.66. The van der Waals surface area contributed by atoms with Crippen LogP contribution >= 0.6 is 11.3 Å². The number of benzene rings is 2. The lowest BCUT2D eigenvalue weighted by atomic mass is 9.86. The van der Waals surface area contributed by atoms with Crippen LogP contribution in [-0.4, -0.2) is 21.5 Å². The first kappa shape index (κ1) is 20.0. The molecule has 6 heteroatoms. The predicted molar refractivity (Wildman–Crippen MR) is 121 cm³/mol. The summed E-state index contributed by atoms with van der Waals surface area (Å²) in [5.41, 5.74) is 2.83. The van der Waals surface area contributed by atoms with Gasteiger partial charge in [0.2, 0.25) is 0 Å². The van der Waals surface area contributed by atoms with Crippen LogP contribution in [0.25, 0.3) is 10.2 Å². The Morgan fingerprint density at radius 2 is 1.60 bits per heavy atom. The highest BCUT2D eigenvalue weighted by Gasteiger charge is 2.25. The molecule has 0 bridgehead atoms. The van der Waals surface area contributed by atoms with E-state index in [1.54, 1.807) is 7.05 Å². The third-order valence-corrected chi connectivity index (χ3v) is 6.59. The Labute approximate surface area is 179 Å². The fourth-order valence-electron chi connectivity index (χ4n) is 3.87. The van der Waals surface area contributed by atoms with Crippen molar-refractivity contribution in [1.29, 1.82) is 0 Å². The number of carbonyl (C=O) groups excluding carboxylic acids is 1. The molecule has 30 heavy (non-hydrogen) atoms. The molecular weight excluding hydrogens is 394 g/mol. The van der Waals surface area contributed by atoms with Crippen LogP contribution in [0.2, 0.25) is 0 Å². The fourth-order valence-corrected chi connectivity index (χ4v) is 4.91. The molecule has 2 aromatic heterocycles. The maximum atomic E-state index is 13.2. The van der Waals surface area contributed by atoms with Crippen molar-refractivity contribution in [1.82, 2.24) is 14.9 Å². The average molecular weight is 418 g/mol. The second kappa shape index (κ2) is 8.24. The lowest BCUT2D eigenvalue weighted by molar-refractivity contribution is 0.0940. The molecular formula is C24H23N3O2S.